The van der Waals surface area contributed by atoms with Gasteiger partial charge >= 0.3 is 0 Å². The lowest BCUT2D eigenvalue weighted by atomic mass is 9.81. The summed E-state index contributed by atoms with van der Waals surface area (Å²) in [6.07, 6.45) is 0. The van der Waals surface area contributed by atoms with Crippen LogP contribution in [0.4, 0.5) is 11.4 Å². The van der Waals surface area contributed by atoms with Gasteiger partial charge in [-0.05, 0) is 47.2 Å². The van der Waals surface area contributed by atoms with E-state index in [4.69, 9.17) is 9.47 Å². The first kappa shape index (κ1) is 24.4. The minimum absolute atomic E-state index is 0.0806. The molecule has 0 fully saturated rings. The number of anilines is 2. The van der Waals surface area contributed by atoms with E-state index in [1.165, 1.54) is 0 Å². The minimum Gasteiger partial charge on any atom is -0.496 e. The van der Waals surface area contributed by atoms with Gasteiger partial charge in [-0.1, -0.05) is 77.9 Å². The fourth-order valence-corrected chi connectivity index (χ4v) is 3.82. The molecule has 33 heavy (non-hydrogen) atoms. The van der Waals surface area contributed by atoms with Crippen LogP contribution in [-0.4, -0.2) is 19.6 Å². The van der Waals surface area contributed by atoms with Crippen LogP contribution in [-0.2, 0) is 15.6 Å². The number of para-hydroxylation sites is 2. The molecular formula is C29H35NO3. The predicted molar refractivity (Wildman–Crippen MR) is 136 cm³/mol. The van der Waals surface area contributed by atoms with Gasteiger partial charge in [-0.3, -0.25) is 9.69 Å². The Labute approximate surface area is 198 Å². The van der Waals surface area contributed by atoms with Crippen molar-refractivity contribution >= 4 is 17.3 Å². The molecule has 0 unspecified atom stereocenters. The van der Waals surface area contributed by atoms with Crippen LogP contribution < -0.4 is 14.4 Å². The maximum Gasteiger partial charge on any atom is 0.269 e. The van der Waals surface area contributed by atoms with Crippen molar-refractivity contribution in [3.05, 3.63) is 83.9 Å². The zero-order chi connectivity index (χ0) is 24.2. The first-order chi connectivity index (χ1) is 15.5. The molecule has 0 N–H and O–H groups in total. The molecule has 0 radical (unpaired) electrons. The number of nitrogens with zero attached hydrogens (tertiary/aromatic N) is 1. The SMILES string of the molecule is COc1cc(C(C)(C)C)c(OCC(=O)N(c2ccccc2)c2ccccc2)cc1C(C)(C)C. The van der Waals surface area contributed by atoms with Crippen LogP contribution in [0.3, 0.4) is 0 Å². The first-order valence-electron chi connectivity index (χ1n) is 11.3. The van der Waals surface area contributed by atoms with Crippen LogP contribution in [0.2, 0.25) is 0 Å². The monoisotopic (exact) mass is 445 g/mol. The Bertz CT molecular complexity index is 1040. The highest BCUT2D eigenvalue weighted by atomic mass is 16.5. The molecule has 4 heteroatoms. The van der Waals surface area contributed by atoms with Crippen molar-refractivity contribution in [2.45, 2.75) is 52.4 Å². The average molecular weight is 446 g/mol. The van der Waals surface area contributed by atoms with E-state index in [1.807, 2.05) is 72.8 Å². The molecule has 4 nitrogen and oxygen atoms in total. The molecule has 0 saturated carbocycles. The van der Waals surface area contributed by atoms with E-state index in [2.05, 4.69) is 41.5 Å². The lowest BCUT2D eigenvalue weighted by Crippen LogP contribution is -2.31. The summed E-state index contributed by atoms with van der Waals surface area (Å²) in [5, 5.41) is 0. The van der Waals surface area contributed by atoms with Gasteiger partial charge in [0.05, 0.1) is 7.11 Å². The number of methoxy groups -OCH3 is 1. The number of hydrogen-bond donors (Lipinski definition) is 0. The zero-order valence-corrected chi connectivity index (χ0v) is 20.8. The lowest BCUT2D eigenvalue weighted by molar-refractivity contribution is -0.119. The summed E-state index contributed by atoms with van der Waals surface area (Å²) in [5.41, 5.74) is 3.34. The summed E-state index contributed by atoms with van der Waals surface area (Å²) < 4.78 is 11.9. The van der Waals surface area contributed by atoms with Crippen molar-refractivity contribution in [2.75, 3.05) is 18.6 Å². The highest BCUT2D eigenvalue weighted by molar-refractivity contribution is 6.01. The van der Waals surface area contributed by atoms with Gasteiger partial charge in [-0.2, -0.15) is 0 Å². The van der Waals surface area contributed by atoms with E-state index < -0.39 is 0 Å². The highest BCUT2D eigenvalue weighted by Gasteiger charge is 2.27. The summed E-state index contributed by atoms with van der Waals surface area (Å²) in [4.78, 5) is 15.2. The summed E-state index contributed by atoms with van der Waals surface area (Å²) in [6.45, 7) is 12.7. The van der Waals surface area contributed by atoms with Crippen LogP contribution in [0.25, 0.3) is 0 Å². The van der Waals surface area contributed by atoms with Gasteiger partial charge in [0.25, 0.3) is 5.91 Å². The number of rotatable bonds is 6. The predicted octanol–water partition coefficient (Wildman–Crippen LogP) is 7.03. The molecule has 0 atom stereocenters. The third kappa shape index (κ3) is 5.75. The molecule has 0 bridgehead atoms. The van der Waals surface area contributed by atoms with Crippen LogP contribution >= 0.6 is 0 Å². The van der Waals surface area contributed by atoms with Crippen molar-refractivity contribution < 1.29 is 14.3 Å². The van der Waals surface area contributed by atoms with Gasteiger partial charge in [0.15, 0.2) is 6.61 Å². The zero-order valence-electron chi connectivity index (χ0n) is 20.8. The molecule has 3 aromatic rings. The third-order valence-corrected chi connectivity index (χ3v) is 5.55. The molecule has 0 heterocycles. The van der Waals surface area contributed by atoms with Gasteiger partial charge in [0.1, 0.15) is 11.5 Å². The maximum absolute atomic E-state index is 13.5. The number of hydrogen-bond acceptors (Lipinski definition) is 3. The van der Waals surface area contributed by atoms with E-state index in [-0.39, 0.29) is 23.3 Å². The molecule has 0 spiro atoms. The molecule has 174 valence electrons. The second-order valence-electron chi connectivity index (χ2n) is 10.2. The third-order valence-electron chi connectivity index (χ3n) is 5.55. The Morgan fingerprint density at radius 1 is 0.727 bits per heavy atom. The molecular weight excluding hydrogens is 410 g/mol. The molecule has 0 aliphatic carbocycles. The smallest absolute Gasteiger partial charge is 0.269 e. The van der Waals surface area contributed by atoms with E-state index in [1.54, 1.807) is 12.0 Å². The van der Waals surface area contributed by atoms with Crippen LogP contribution in [0.5, 0.6) is 11.5 Å². The first-order valence-corrected chi connectivity index (χ1v) is 11.3. The van der Waals surface area contributed by atoms with Crippen LogP contribution in [0.1, 0.15) is 52.7 Å². The standard InChI is InChI=1S/C29H35NO3/c1-28(2,3)23-19-26(24(29(4,5)6)18-25(23)32-7)33-20-27(31)30(21-14-10-8-11-15-21)22-16-12-9-13-17-22/h8-19H,20H2,1-7H3. The molecule has 3 rings (SSSR count). The summed E-state index contributed by atoms with van der Waals surface area (Å²) in [5.74, 6) is 1.41. The lowest BCUT2D eigenvalue weighted by Gasteiger charge is -2.29. The van der Waals surface area contributed by atoms with Gasteiger partial charge in [0.2, 0.25) is 0 Å². The number of carbonyl (C=O) groups excluding carboxylic acids is 1. The average Bonchev–Trinajstić information content (AvgIpc) is 2.77. The van der Waals surface area contributed by atoms with Crippen molar-refractivity contribution in [1.29, 1.82) is 0 Å². The molecule has 0 saturated heterocycles. The fourth-order valence-electron chi connectivity index (χ4n) is 3.82. The molecule has 0 aliphatic rings. The number of ether oxygens (including phenoxy) is 2. The Kier molecular flexibility index (Phi) is 7.16. The van der Waals surface area contributed by atoms with E-state index in [9.17, 15) is 4.79 Å². The molecule has 0 aromatic heterocycles. The molecule has 0 aliphatic heterocycles. The Hall–Kier alpha value is -3.27. The van der Waals surface area contributed by atoms with Gasteiger partial charge in [0, 0.05) is 22.5 Å². The number of amides is 1. The Morgan fingerprint density at radius 3 is 1.58 bits per heavy atom. The van der Waals surface area contributed by atoms with Gasteiger partial charge < -0.3 is 9.47 Å². The van der Waals surface area contributed by atoms with E-state index in [0.717, 1.165) is 28.3 Å². The summed E-state index contributed by atoms with van der Waals surface area (Å²) >= 11 is 0. The second kappa shape index (κ2) is 9.70. The van der Waals surface area contributed by atoms with Crippen molar-refractivity contribution in [2.24, 2.45) is 0 Å². The topological polar surface area (TPSA) is 38.8 Å². The summed E-state index contributed by atoms with van der Waals surface area (Å²) in [6, 6.07) is 23.4. The Morgan fingerprint density at radius 2 is 1.15 bits per heavy atom. The van der Waals surface area contributed by atoms with Gasteiger partial charge in [-0.25, -0.2) is 0 Å². The fraction of sp³-hybridized carbons (Fsp3) is 0.345. The number of benzene rings is 3. The minimum atomic E-state index is -0.180. The molecule has 1 amide bonds. The molecule has 3 aromatic carbocycles. The van der Waals surface area contributed by atoms with Gasteiger partial charge in [-0.15, -0.1) is 0 Å². The Balaban J connectivity index is 1.98. The van der Waals surface area contributed by atoms with Crippen molar-refractivity contribution in [3.8, 4) is 11.5 Å². The van der Waals surface area contributed by atoms with E-state index in [0.29, 0.717) is 5.75 Å². The van der Waals surface area contributed by atoms with E-state index >= 15 is 0 Å². The van der Waals surface area contributed by atoms with Crippen LogP contribution in [0.15, 0.2) is 72.8 Å². The quantitative estimate of drug-likeness (QED) is 0.409. The van der Waals surface area contributed by atoms with Crippen molar-refractivity contribution in [3.63, 3.8) is 0 Å². The highest BCUT2D eigenvalue weighted by Crippen LogP contribution is 2.41. The summed E-state index contributed by atoms with van der Waals surface area (Å²) in [7, 11) is 1.69. The van der Waals surface area contributed by atoms with Crippen molar-refractivity contribution in [1.82, 2.24) is 0 Å². The van der Waals surface area contributed by atoms with Crippen LogP contribution in [0, 0.1) is 0 Å². The second-order valence-corrected chi connectivity index (χ2v) is 10.2. The largest absolute Gasteiger partial charge is 0.496 e. The normalized spacial score (nSPS) is 11.7. The maximum atomic E-state index is 13.5. The number of carbonyl (C=O) groups is 1.